The van der Waals surface area contributed by atoms with E-state index in [9.17, 15) is 9.13 Å². The van der Waals surface area contributed by atoms with Crippen LogP contribution in [0.5, 0.6) is 0 Å². The van der Waals surface area contributed by atoms with E-state index in [-0.39, 0.29) is 13.1 Å². The summed E-state index contributed by atoms with van der Waals surface area (Å²) in [4.78, 5) is 0. The van der Waals surface area contributed by atoms with Crippen LogP contribution in [0.3, 0.4) is 0 Å². The van der Waals surface area contributed by atoms with Crippen LogP contribution in [0.25, 0.3) is 0 Å². The average Bonchev–Trinajstić information content (AvgIpc) is 2.53. The van der Waals surface area contributed by atoms with E-state index in [0.717, 1.165) is 23.3 Å². The molecule has 8 nitrogen and oxygen atoms in total. The SMILES string of the molecule is NP(N)(=O)N(Cc1ccccc1)SN(Cc1ccccc1)P(N)(N)=O. The molecule has 0 saturated heterocycles. The number of hydrogen-bond acceptors (Lipinski definition) is 3. The molecule has 25 heavy (non-hydrogen) atoms. The Morgan fingerprint density at radius 1 is 0.680 bits per heavy atom. The van der Waals surface area contributed by atoms with Crippen molar-refractivity contribution in [1.29, 1.82) is 0 Å². The van der Waals surface area contributed by atoms with Crippen molar-refractivity contribution in [3.63, 3.8) is 0 Å². The van der Waals surface area contributed by atoms with Gasteiger partial charge in [-0.25, -0.2) is 0 Å². The van der Waals surface area contributed by atoms with Gasteiger partial charge in [-0.1, -0.05) is 60.7 Å². The Morgan fingerprint density at radius 3 is 1.28 bits per heavy atom. The van der Waals surface area contributed by atoms with Crippen LogP contribution in [0.15, 0.2) is 60.7 Å². The van der Waals surface area contributed by atoms with Crippen molar-refractivity contribution in [2.45, 2.75) is 13.1 Å². The second-order valence-electron chi connectivity index (χ2n) is 5.42. The number of nitrogens with two attached hydrogens (primary N) is 4. The van der Waals surface area contributed by atoms with Gasteiger partial charge in [0, 0.05) is 25.2 Å². The standard InChI is InChI=1S/C14H22N6O2P2S/c15-23(16,21)19(11-13-7-3-1-4-8-13)25-20(24(17,18)22)12-14-9-5-2-6-10-14/h1-10H,11-12H2,(H4,15,16,21)(H4,17,18,22). The minimum atomic E-state index is -3.65. The molecule has 0 atom stereocenters. The van der Waals surface area contributed by atoms with E-state index >= 15 is 0 Å². The molecule has 0 saturated carbocycles. The van der Waals surface area contributed by atoms with Crippen molar-refractivity contribution in [2.75, 3.05) is 0 Å². The molecule has 0 spiro atoms. The van der Waals surface area contributed by atoms with Gasteiger partial charge in [-0.3, -0.25) is 31.1 Å². The van der Waals surface area contributed by atoms with Crippen LogP contribution in [0.2, 0.25) is 0 Å². The van der Waals surface area contributed by atoms with Crippen LogP contribution in [0, 0.1) is 0 Å². The van der Waals surface area contributed by atoms with Crippen molar-refractivity contribution in [1.82, 2.24) is 8.15 Å². The maximum Gasteiger partial charge on any atom is 0.287 e. The minimum Gasteiger partial charge on any atom is -0.270 e. The zero-order valence-corrected chi connectivity index (χ0v) is 16.1. The van der Waals surface area contributed by atoms with Gasteiger partial charge in [-0.15, -0.1) is 0 Å². The van der Waals surface area contributed by atoms with Crippen molar-refractivity contribution >= 4 is 27.3 Å². The quantitative estimate of drug-likeness (QED) is 0.388. The van der Waals surface area contributed by atoms with E-state index in [4.69, 9.17) is 22.0 Å². The summed E-state index contributed by atoms with van der Waals surface area (Å²) in [5.74, 6) is 0. The third-order valence-electron chi connectivity index (χ3n) is 3.21. The van der Waals surface area contributed by atoms with E-state index in [1.807, 2.05) is 60.7 Å². The lowest BCUT2D eigenvalue weighted by Gasteiger charge is -2.31. The molecule has 0 unspecified atom stereocenters. The topological polar surface area (TPSA) is 145 Å². The molecule has 11 heteroatoms. The van der Waals surface area contributed by atoms with E-state index < -0.39 is 15.2 Å². The van der Waals surface area contributed by atoms with Gasteiger partial charge < -0.3 is 0 Å². The largest absolute Gasteiger partial charge is 0.287 e. The molecule has 0 bridgehead atoms. The summed E-state index contributed by atoms with van der Waals surface area (Å²) in [6.45, 7) is 0.363. The van der Waals surface area contributed by atoms with Crippen LogP contribution in [0.1, 0.15) is 11.1 Å². The van der Waals surface area contributed by atoms with Crippen LogP contribution < -0.4 is 22.0 Å². The van der Waals surface area contributed by atoms with Gasteiger partial charge in [-0.05, 0) is 11.1 Å². The minimum absolute atomic E-state index is 0.182. The summed E-state index contributed by atoms with van der Waals surface area (Å²) in [6, 6.07) is 18.5. The third-order valence-corrected chi connectivity index (χ3v) is 7.49. The van der Waals surface area contributed by atoms with Crippen LogP contribution in [-0.4, -0.2) is 8.15 Å². The van der Waals surface area contributed by atoms with Gasteiger partial charge in [0.05, 0.1) is 0 Å². The summed E-state index contributed by atoms with van der Waals surface area (Å²) >= 11 is 0.834. The molecule has 8 N–H and O–H groups in total. The molecule has 0 aliphatic rings. The first-order valence-corrected chi connectivity index (χ1v) is 11.7. The molecule has 0 aromatic heterocycles. The lowest BCUT2D eigenvalue weighted by molar-refractivity contribution is 0.512. The zero-order chi connectivity index (χ0) is 18.5. The van der Waals surface area contributed by atoms with Gasteiger partial charge in [0.2, 0.25) is 0 Å². The highest BCUT2D eigenvalue weighted by Gasteiger charge is 2.31. The molecule has 0 aliphatic heterocycles. The Bertz CT molecular complexity index is 702. The van der Waals surface area contributed by atoms with Crippen LogP contribution >= 0.6 is 27.3 Å². The zero-order valence-electron chi connectivity index (χ0n) is 13.5. The second-order valence-corrected chi connectivity index (χ2v) is 10.7. The predicted octanol–water partition coefficient (Wildman–Crippen LogP) is 2.60. The molecule has 2 rings (SSSR count). The Morgan fingerprint density at radius 2 is 1.00 bits per heavy atom. The molecule has 0 heterocycles. The van der Waals surface area contributed by atoms with Crippen LogP contribution in [0.4, 0.5) is 0 Å². The maximum atomic E-state index is 12.3. The average molecular weight is 400 g/mol. The fourth-order valence-corrected chi connectivity index (χ4v) is 5.00. The second kappa shape index (κ2) is 8.60. The molecular formula is C14H22N6O2P2S. The Balaban J connectivity index is 2.23. The monoisotopic (exact) mass is 400 g/mol. The van der Waals surface area contributed by atoms with E-state index in [1.54, 1.807) is 0 Å². The number of rotatable bonds is 8. The van der Waals surface area contributed by atoms with E-state index in [0.29, 0.717) is 0 Å². The molecule has 2 aromatic rings. The fourth-order valence-electron chi connectivity index (χ4n) is 1.98. The van der Waals surface area contributed by atoms with E-state index in [1.165, 1.54) is 8.15 Å². The Kier molecular flexibility index (Phi) is 6.99. The lowest BCUT2D eigenvalue weighted by Crippen LogP contribution is -2.30. The first kappa shape index (κ1) is 20.3. The first-order valence-electron chi connectivity index (χ1n) is 7.32. The summed E-state index contributed by atoms with van der Waals surface area (Å²) in [7, 11) is -7.29. The van der Waals surface area contributed by atoms with Crippen LogP contribution in [-0.2, 0) is 22.2 Å². The smallest absolute Gasteiger partial charge is 0.270 e. The fraction of sp³-hybridized carbons (Fsp3) is 0.143. The summed E-state index contributed by atoms with van der Waals surface area (Å²) < 4.78 is 27.1. The summed E-state index contributed by atoms with van der Waals surface area (Å²) in [5.41, 5.74) is 24.3. The van der Waals surface area contributed by atoms with Gasteiger partial charge >= 0.3 is 0 Å². The molecular weight excluding hydrogens is 378 g/mol. The normalized spacial score (nSPS) is 12.7. The molecule has 0 radical (unpaired) electrons. The van der Waals surface area contributed by atoms with Crippen molar-refractivity contribution in [3.05, 3.63) is 71.8 Å². The highest BCUT2D eigenvalue weighted by atomic mass is 32.2. The Labute approximate surface area is 151 Å². The highest BCUT2D eigenvalue weighted by Crippen LogP contribution is 2.49. The number of nitrogens with zero attached hydrogens (tertiary/aromatic N) is 2. The summed E-state index contributed by atoms with van der Waals surface area (Å²) in [5, 5.41) is 0. The molecule has 0 fully saturated rings. The number of benzene rings is 2. The number of hydrogen-bond donors (Lipinski definition) is 4. The van der Waals surface area contributed by atoms with Gasteiger partial charge in [0.25, 0.3) is 15.2 Å². The Hall–Kier alpha value is -0.990. The molecule has 0 amide bonds. The summed E-state index contributed by atoms with van der Waals surface area (Å²) in [6.07, 6.45) is 0. The first-order chi connectivity index (χ1) is 11.7. The molecule has 0 aliphatic carbocycles. The third kappa shape index (κ3) is 6.67. The molecule has 2 aromatic carbocycles. The van der Waals surface area contributed by atoms with Gasteiger partial charge in [0.1, 0.15) is 0 Å². The highest BCUT2D eigenvalue weighted by molar-refractivity contribution is 8.03. The van der Waals surface area contributed by atoms with Gasteiger partial charge in [0.15, 0.2) is 0 Å². The van der Waals surface area contributed by atoms with Crippen molar-refractivity contribution < 1.29 is 9.13 Å². The predicted molar refractivity (Wildman–Crippen MR) is 104 cm³/mol. The van der Waals surface area contributed by atoms with E-state index in [2.05, 4.69) is 0 Å². The van der Waals surface area contributed by atoms with Crippen molar-refractivity contribution in [3.8, 4) is 0 Å². The lowest BCUT2D eigenvalue weighted by atomic mass is 10.2. The molecule has 136 valence electrons. The van der Waals surface area contributed by atoms with Crippen molar-refractivity contribution in [2.24, 2.45) is 22.0 Å². The maximum absolute atomic E-state index is 12.3. The van der Waals surface area contributed by atoms with Gasteiger partial charge in [-0.2, -0.15) is 8.15 Å².